The van der Waals surface area contributed by atoms with E-state index >= 15 is 0 Å². The Hall–Kier alpha value is -0.890. The van der Waals surface area contributed by atoms with Crippen molar-refractivity contribution in [3.05, 3.63) is 29.8 Å². The summed E-state index contributed by atoms with van der Waals surface area (Å²) in [4.78, 5) is 14.9. The zero-order valence-electron chi connectivity index (χ0n) is 24.9. The van der Waals surface area contributed by atoms with Gasteiger partial charge in [-0.1, -0.05) is 32.9 Å². The van der Waals surface area contributed by atoms with Crippen molar-refractivity contribution in [1.29, 1.82) is 0 Å². The van der Waals surface area contributed by atoms with E-state index in [4.69, 9.17) is 9.47 Å². The Morgan fingerprint density at radius 3 is 2.51 bits per heavy atom. The van der Waals surface area contributed by atoms with E-state index in [1.54, 1.807) is 18.0 Å². The molecule has 1 aromatic carbocycles. The van der Waals surface area contributed by atoms with Crippen molar-refractivity contribution in [3.8, 4) is 0 Å². The maximum atomic E-state index is 13.9. The SMILES string of the molecule is CNCc1ccc(S[C@@H](C)[C@@H](NC(=O)[C@H]2NC[C@@H]3C[C@H](CC(C)C)CCO[C@H]32)[C@H]2OC(SC)[C@H](O)C(O)C2O)cc1. The second kappa shape index (κ2) is 15.2. The molecular weight excluding hydrogens is 562 g/mol. The van der Waals surface area contributed by atoms with Crippen molar-refractivity contribution in [2.45, 2.75) is 105 Å². The molecular formula is C30H49N3O6S2. The molecule has 11 heteroatoms. The second-order valence-corrected chi connectivity index (χ2v) is 14.6. The molecule has 0 spiro atoms. The maximum absolute atomic E-state index is 13.9. The van der Waals surface area contributed by atoms with Crippen molar-refractivity contribution in [1.82, 2.24) is 16.0 Å². The number of carbonyl (C=O) groups is 1. The van der Waals surface area contributed by atoms with Crippen LogP contribution in [-0.4, -0.2) is 101 Å². The Kier molecular flexibility index (Phi) is 12.2. The third-order valence-electron chi connectivity index (χ3n) is 8.59. The van der Waals surface area contributed by atoms with Gasteiger partial charge in [0.2, 0.25) is 5.91 Å². The minimum atomic E-state index is -1.39. The predicted molar refractivity (Wildman–Crippen MR) is 164 cm³/mol. The topological polar surface area (TPSA) is 132 Å². The number of benzene rings is 1. The molecule has 3 unspecified atom stereocenters. The van der Waals surface area contributed by atoms with Gasteiger partial charge in [-0.05, 0) is 68.0 Å². The summed E-state index contributed by atoms with van der Waals surface area (Å²) in [6, 6.07) is 7.07. The minimum absolute atomic E-state index is 0.196. The first-order valence-corrected chi connectivity index (χ1v) is 17.1. The lowest BCUT2D eigenvalue weighted by Crippen LogP contribution is -2.65. The van der Waals surface area contributed by atoms with E-state index in [-0.39, 0.29) is 23.2 Å². The van der Waals surface area contributed by atoms with Crippen molar-refractivity contribution >= 4 is 29.4 Å². The lowest BCUT2D eigenvalue weighted by molar-refractivity contribution is -0.205. The average Bonchev–Trinajstić information content (AvgIpc) is 3.23. The number of hydrogen-bond donors (Lipinski definition) is 6. The van der Waals surface area contributed by atoms with Crippen LogP contribution in [0.3, 0.4) is 0 Å². The second-order valence-electron chi connectivity index (χ2n) is 12.2. The van der Waals surface area contributed by atoms with Crippen molar-refractivity contribution in [2.75, 3.05) is 26.5 Å². The van der Waals surface area contributed by atoms with E-state index in [1.165, 1.54) is 17.3 Å². The molecule has 232 valence electrons. The minimum Gasteiger partial charge on any atom is -0.388 e. The highest BCUT2D eigenvalue weighted by Gasteiger charge is 2.50. The number of aliphatic hydroxyl groups excluding tert-OH is 3. The molecule has 0 aromatic heterocycles. The van der Waals surface area contributed by atoms with Crippen LogP contribution in [-0.2, 0) is 20.8 Å². The van der Waals surface area contributed by atoms with Crippen LogP contribution >= 0.6 is 23.5 Å². The molecule has 11 atom stereocenters. The van der Waals surface area contributed by atoms with Gasteiger partial charge >= 0.3 is 0 Å². The fraction of sp³-hybridized carbons (Fsp3) is 0.767. The maximum Gasteiger partial charge on any atom is 0.240 e. The molecule has 0 bridgehead atoms. The third kappa shape index (κ3) is 8.19. The summed E-state index contributed by atoms with van der Waals surface area (Å²) in [6.07, 6.45) is -0.0991. The summed E-state index contributed by atoms with van der Waals surface area (Å²) in [5, 5.41) is 41.7. The van der Waals surface area contributed by atoms with Gasteiger partial charge in [0.15, 0.2) is 0 Å². The summed E-state index contributed by atoms with van der Waals surface area (Å²) < 4.78 is 12.4. The fourth-order valence-electron chi connectivity index (χ4n) is 6.54. The molecule has 0 radical (unpaired) electrons. The Bertz CT molecular complexity index is 970. The van der Waals surface area contributed by atoms with Gasteiger partial charge in [-0.2, -0.15) is 0 Å². The van der Waals surface area contributed by atoms with Crippen LogP contribution in [0.5, 0.6) is 0 Å². The Balaban J connectivity index is 1.52. The smallest absolute Gasteiger partial charge is 0.240 e. The van der Waals surface area contributed by atoms with Gasteiger partial charge in [0.1, 0.15) is 35.9 Å². The first-order valence-electron chi connectivity index (χ1n) is 14.9. The van der Waals surface area contributed by atoms with Crippen molar-refractivity contribution in [3.63, 3.8) is 0 Å². The zero-order chi connectivity index (χ0) is 29.7. The fourth-order valence-corrected chi connectivity index (χ4v) is 8.31. The lowest BCUT2D eigenvalue weighted by atomic mass is 9.85. The first-order chi connectivity index (χ1) is 19.6. The van der Waals surface area contributed by atoms with E-state index in [0.29, 0.717) is 18.4 Å². The van der Waals surface area contributed by atoms with E-state index in [0.717, 1.165) is 37.2 Å². The zero-order valence-corrected chi connectivity index (χ0v) is 26.5. The van der Waals surface area contributed by atoms with Crippen molar-refractivity contribution in [2.24, 2.45) is 17.8 Å². The number of hydrogen-bond acceptors (Lipinski definition) is 10. The van der Waals surface area contributed by atoms with Crippen LogP contribution < -0.4 is 16.0 Å². The summed E-state index contributed by atoms with van der Waals surface area (Å²) in [5.41, 5.74) is 0.439. The molecule has 3 saturated heterocycles. The average molecular weight is 612 g/mol. The number of thioether (sulfide) groups is 2. The molecule has 1 aromatic rings. The number of rotatable bonds is 11. The first kappa shape index (κ1) is 33.0. The van der Waals surface area contributed by atoms with Gasteiger partial charge in [-0.15, -0.1) is 23.5 Å². The quantitative estimate of drug-likeness (QED) is 0.207. The molecule has 1 amide bonds. The van der Waals surface area contributed by atoms with Crippen LogP contribution in [0.1, 0.15) is 45.6 Å². The van der Waals surface area contributed by atoms with Gasteiger partial charge < -0.3 is 40.7 Å². The van der Waals surface area contributed by atoms with E-state index in [1.807, 2.05) is 26.1 Å². The predicted octanol–water partition coefficient (Wildman–Crippen LogP) is 1.97. The Morgan fingerprint density at radius 2 is 1.85 bits per heavy atom. The number of amides is 1. The highest BCUT2D eigenvalue weighted by Crippen LogP contribution is 2.36. The van der Waals surface area contributed by atoms with Crippen LogP contribution in [0, 0.1) is 17.8 Å². The molecule has 4 rings (SSSR count). The number of fused-ring (bicyclic) bond motifs is 1. The standard InChI is InChI=1S/C30H49N3O6S2/c1-16(2)12-19-10-11-38-27-20(13-19)15-32-23(27)29(37)33-22(28-25(35)24(34)26(36)30(39-28)40-5)17(3)41-21-8-6-18(7-9-21)14-31-4/h6-9,16-17,19-20,22-28,30-32,34-36H,10-15H2,1-5H3,(H,33,37)/t17-,19-,20-,22+,23-,24?,25?,26+,27+,28+,30?/m0/s1. The van der Waals surface area contributed by atoms with Gasteiger partial charge in [0.25, 0.3) is 0 Å². The Morgan fingerprint density at radius 1 is 1.12 bits per heavy atom. The number of carbonyl (C=O) groups excluding carboxylic acids is 1. The number of ether oxygens (including phenoxy) is 2. The van der Waals surface area contributed by atoms with Gasteiger partial charge in [-0.3, -0.25) is 4.79 Å². The van der Waals surface area contributed by atoms with Gasteiger partial charge in [0, 0.05) is 29.8 Å². The van der Waals surface area contributed by atoms with Crippen LogP contribution in [0.25, 0.3) is 0 Å². The molecule has 9 nitrogen and oxygen atoms in total. The number of nitrogens with one attached hydrogen (secondary N) is 3. The van der Waals surface area contributed by atoms with Crippen LogP contribution in [0.4, 0.5) is 0 Å². The molecule has 41 heavy (non-hydrogen) atoms. The van der Waals surface area contributed by atoms with Crippen LogP contribution in [0.2, 0.25) is 0 Å². The highest BCUT2D eigenvalue weighted by molar-refractivity contribution is 8.00. The van der Waals surface area contributed by atoms with Gasteiger partial charge in [-0.25, -0.2) is 0 Å². The summed E-state index contributed by atoms with van der Waals surface area (Å²) in [5.74, 6) is 1.30. The molecule has 3 fully saturated rings. The largest absolute Gasteiger partial charge is 0.388 e. The van der Waals surface area contributed by atoms with E-state index in [9.17, 15) is 20.1 Å². The van der Waals surface area contributed by atoms with Crippen molar-refractivity contribution < 1.29 is 29.6 Å². The summed E-state index contributed by atoms with van der Waals surface area (Å²) >= 11 is 2.84. The van der Waals surface area contributed by atoms with Gasteiger partial charge in [0.05, 0.1) is 12.1 Å². The molecule has 3 aliphatic rings. The van der Waals surface area contributed by atoms with E-state index in [2.05, 4.69) is 41.9 Å². The molecule has 3 heterocycles. The molecule has 6 N–H and O–H groups in total. The van der Waals surface area contributed by atoms with E-state index < -0.39 is 41.9 Å². The lowest BCUT2D eigenvalue weighted by Gasteiger charge is -2.44. The highest BCUT2D eigenvalue weighted by atomic mass is 32.2. The normalized spacial score (nSPS) is 35.5. The monoisotopic (exact) mass is 611 g/mol. The van der Waals surface area contributed by atoms with Crippen LogP contribution in [0.15, 0.2) is 29.2 Å². The molecule has 0 saturated carbocycles. The molecule has 0 aliphatic carbocycles. The third-order valence-corrected chi connectivity index (χ3v) is 10.7. The number of aliphatic hydroxyl groups is 3. The summed E-state index contributed by atoms with van der Waals surface area (Å²) in [6.45, 7) is 8.64. The Labute approximate surface area is 253 Å². The molecule has 3 aliphatic heterocycles. The summed E-state index contributed by atoms with van der Waals surface area (Å²) in [7, 11) is 1.91.